The fraction of sp³-hybridized carbons (Fsp3) is 0.724. The molecule has 0 aliphatic carbocycles. The minimum Gasteiger partial charge on any atom is -0.444 e. The van der Waals surface area contributed by atoms with Crippen LogP contribution in [0.3, 0.4) is 0 Å². The molecule has 0 heterocycles. The zero-order chi connectivity index (χ0) is 29.4. The van der Waals surface area contributed by atoms with Crippen molar-refractivity contribution in [3.05, 3.63) is 35.4 Å². The molecular formula is C29H51N3O7. The molecule has 5 N–H and O–H groups in total. The predicted octanol–water partition coefficient (Wildman–Crippen LogP) is 2.17. The third kappa shape index (κ3) is 14.6. The second kappa shape index (κ2) is 18.2. The highest BCUT2D eigenvalue weighted by Crippen LogP contribution is 2.12. The Hall–Kier alpha value is -2.24. The number of aliphatic hydroxyl groups excluding tert-OH is 4. The third-order valence-electron chi connectivity index (χ3n) is 6.33. The molecule has 0 aliphatic heterocycles. The van der Waals surface area contributed by atoms with Gasteiger partial charge >= 0.3 is 6.09 Å². The molecule has 0 spiro atoms. The number of rotatable bonds is 18. The highest BCUT2D eigenvalue weighted by atomic mass is 16.6. The number of unbranched alkanes of at least 4 members (excludes halogenated alkanes) is 3. The van der Waals surface area contributed by atoms with Crippen LogP contribution in [0.15, 0.2) is 24.3 Å². The molecule has 3 atom stereocenters. The van der Waals surface area contributed by atoms with Crippen molar-refractivity contribution in [1.82, 2.24) is 15.1 Å². The summed E-state index contributed by atoms with van der Waals surface area (Å²) >= 11 is 0. The number of hydrogen-bond donors (Lipinski definition) is 5. The van der Waals surface area contributed by atoms with E-state index in [2.05, 4.69) is 12.2 Å². The molecule has 1 aromatic carbocycles. The minimum absolute atomic E-state index is 0.0128. The van der Waals surface area contributed by atoms with Crippen molar-refractivity contribution >= 4 is 12.0 Å². The van der Waals surface area contributed by atoms with Gasteiger partial charge in [-0.1, -0.05) is 38.3 Å². The maximum absolute atomic E-state index is 12.8. The highest BCUT2D eigenvalue weighted by molar-refractivity contribution is 5.94. The third-order valence-corrected chi connectivity index (χ3v) is 6.33. The van der Waals surface area contributed by atoms with E-state index in [4.69, 9.17) is 9.84 Å². The summed E-state index contributed by atoms with van der Waals surface area (Å²) in [6.45, 7) is 9.42. The van der Waals surface area contributed by atoms with E-state index in [9.17, 15) is 24.9 Å². The summed E-state index contributed by atoms with van der Waals surface area (Å²) < 4.78 is 5.38. The molecule has 10 nitrogen and oxygen atoms in total. The lowest BCUT2D eigenvalue weighted by molar-refractivity contribution is -0.0746. The second-order valence-corrected chi connectivity index (χ2v) is 11.1. The summed E-state index contributed by atoms with van der Waals surface area (Å²) in [5.74, 6) is -0.220. The molecule has 2 amide bonds. The summed E-state index contributed by atoms with van der Waals surface area (Å²) in [6.07, 6.45) is 0.594. The average Bonchev–Trinajstić information content (AvgIpc) is 2.88. The maximum atomic E-state index is 12.8. The van der Waals surface area contributed by atoms with Gasteiger partial charge in [-0.05, 0) is 64.3 Å². The highest BCUT2D eigenvalue weighted by Gasteiger charge is 2.26. The molecule has 0 fully saturated rings. The van der Waals surface area contributed by atoms with Gasteiger partial charge < -0.3 is 35.4 Å². The summed E-state index contributed by atoms with van der Waals surface area (Å²) in [7, 11) is 1.68. The zero-order valence-electron chi connectivity index (χ0n) is 24.4. The molecule has 0 radical (unpaired) electrons. The van der Waals surface area contributed by atoms with Crippen LogP contribution in [0.1, 0.15) is 75.7 Å². The van der Waals surface area contributed by atoms with Crippen LogP contribution in [0.25, 0.3) is 0 Å². The molecule has 0 saturated carbocycles. The van der Waals surface area contributed by atoms with Crippen LogP contribution in [0, 0.1) is 0 Å². The van der Waals surface area contributed by atoms with E-state index in [1.165, 1.54) is 4.90 Å². The first-order valence-corrected chi connectivity index (χ1v) is 14.1. The van der Waals surface area contributed by atoms with Crippen molar-refractivity contribution in [2.45, 2.75) is 90.1 Å². The Kier molecular flexibility index (Phi) is 16.2. The van der Waals surface area contributed by atoms with Crippen LogP contribution in [0.2, 0.25) is 0 Å². The van der Waals surface area contributed by atoms with Gasteiger partial charge in [0.15, 0.2) is 0 Å². The van der Waals surface area contributed by atoms with Crippen molar-refractivity contribution in [1.29, 1.82) is 0 Å². The Labute approximate surface area is 234 Å². The lowest BCUT2D eigenvalue weighted by Gasteiger charge is -2.29. The molecule has 0 aromatic heterocycles. The summed E-state index contributed by atoms with van der Waals surface area (Å²) in [6, 6.07) is 7.27. The Morgan fingerprint density at radius 2 is 1.74 bits per heavy atom. The van der Waals surface area contributed by atoms with Crippen molar-refractivity contribution in [2.24, 2.45) is 0 Å². The molecule has 0 saturated heterocycles. The van der Waals surface area contributed by atoms with Gasteiger partial charge in [-0.3, -0.25) is 9.69 Å². The number of ether oxygens (including phenoxy) is 1. The van der Waals surface area contributed by atoms with Crippen LogP contribution in [-0.4, -0.2) is 113 Å². The fourth-order valence-electron chi connectivity index (χ4n) is 4.01. The van der Waals surface area contributed by atoms with Gasteiger partial charge in [0, 0.05) is 45.4 Å². The van der Waals surface area contributed by atoms with E-state index in [0.29, 0.717) is 38.2 Å². The Morgan fingerprint density at radius 3 is 2.38 bits per heavy atom. The SMILES string of the molecule is CCCCCCN(CCNC(=O)c1cccc(CCN(C)C(=O)OC(C)(C)C)c1)C[C@H](O)[C@@H](O)[C@H](O)CCO. The second-order valence-electron chi connectivity index (χ2n) is 11.1. The lowest BCUT2D eigenvalue weighted by Crippen LogP contribution is -2.46. The minimum atomic E-state index is -1.36. The van der Waals surface area contributed by atoms with Crippen molar-refractivity contribution in [3.63, 3.8) is 0 Å². The number of carbonyl (C=O) groups is 2. The molecule has 0 aliphatic rings. The number of aliphatic hydroxyl groups is 4. The fourth-order valence-corrected chi connectivity index (χ4v) is 4.01. The van der Waals surface area contributed by atoms with Crippen LogP contribution >= 0.6 is 0 Å². The van der Waals surface area contributed by atoms with E-state index in [-0.39, 0.29) is 25.5 Å². The summed E-state index contributed by atoms with van der Waals surface area (Å²) in [5, 5.41) is 42.4. The van der Waals surface area contributed by atoms with E-state index in [0.717, 1.165) is 31.2 Å². The lowest BCUT2D eigenvalue weighted by atomic mass is 10.0. The van der Waals surface area contributed by atoms with E-state index in [1.54, 1.807) is 13.1 Å². The predicted molar refractivity (Wildman–Crippen MR) is 152 cm³/mol. The first-order valence-electron chi connectivity index (χ1n) is 14.1. The molecule has 39 heavy (non-hydrogen) atoms. The number of benzene rings is 1. The van der Waals surface area contributed by atoms with Crippen LogP contribution in [-0.2, 0) is 11.2 Å². The molecule has 224 valence electrons. The molecule has 0 unspecified atom stereocenters. The summed E-state index contributed by atoms with van der Waals surface area (Å²) in [5.41, 5.74) is 0.881. The Bertz CT molecular complexity index is 846. The number of nitrogens with zero attached hydrogens (tertiary/aromatic N) is 2. The number of carbonyl (C=O) groups excluding carboxylic acids is 2. The number of hydrogen-bond acceptors (Lipinski definition) is 8. The van der Waals surface area contributed by atoms with Gasteiger partial charge in [0.2, 0.25) is 0 Å². The number of likely N-dealkylation sites (N-methyl/N-ethyl adjacent to an activating group) is 1. The first kappa shape index (κ1) is 34.8. The molecule has 0 bridgehead atoms. The van der Waals surface area contributed by atoms with Crippen molar-refractivity contribution in [3.8, 4) is 0 Å². The zero-order valence-corrected chi connectivity index (χ0v) is 24.4. The van der Waals surface area contributed by atoms with Crippen LogP contribution in [0.5, 0.6) is 0 Å². The largest absolute Gasteiger partial charge is 0.444 e. The Balaban J connectivity index is 2.65. The molecular weight excluding hydrogens is 502 g/mol. The van der Waals surface area contributed by atoms with Gasteiger partial charge in [-0.25, -0.2) is 4.79 Å². The standard InChI is InChI=1S/C29H51N3O7/c1-6-7-8-9-16-32(21-25(35)26(36)24(34)14-19-33)18-15-30-27(37)23-12-10-11-22(20-23)13-17-31(5)28(38)39-29(2,3)4/h10-12,20,24-26,33-36H,6-9,13-19,21H2,1-5H3,(H,30,37)/t24-,25+,26+/m1/s1. The van der Waals surface area contributed by atoms with Gasteiger partial charge in [0.25, 0.3) is 5.91 Å². The molecule has 10 heteroatoms. The van der Waals surface area contributed by atoms with Crippen molar-refractivity contribution < 1.29 is 34.8 Å². The Morgan fingerprint density at radius 1 is 1.03 bits per heavy atom. The molecule has 1 aromatic rings. The normalized spacial score (nSPS) is 14.1. The first-order chi connectivity index (χ1) is 18.4. The van der Waals surface area contributed by atoms with Gasteiger partial charge in [-0.2, -0.15) is 0 Å². The smallest absolute Gasteiger partial charge is 0.410 e. The topological polar surface area (TPSA) is 143 Å². The van der Waals surface area contributed by atoms with Crippen LogP contribution < -0.4 is 5.32 Å². The van der Waals surface area contributed by atoms with Gasteiger partial charge in [0.05, 0.1) is 12.2 Å². The van der Waals surface area contributed by atoms with Crippen molar-refractivity contribution in [2.75, 3.05) is 46.4 Å². The molecule has 1 rings (SSSR count). The summed E-state index contributed by atoms with van der Waals surface area (Å²) in [4.78, 5) is 28.5. The quantitative estimate of drug-likeness (QED) is 0.174. The van der Waals surface area contributed by atoms with E-state index in [1.807, 2.05) is 43.9 Å². The average molecular weight is 554 g/mol. The van der Waals surface area contributed by atoms with Gasteiger partial charge in [0.1, 0.15) is 11.7 Å². The van der Waals surface area contributed by atoms with Crippen LogP contribution in [0.4, 0.5) is 4.79 Å². The van der Waals surface area contributed by atoms with Gasteiger partial charge in [-0.15, -0.1) is 0 Å². The number of nitrogens with one attached hydrogen (secondary N) is 1. The van der Waals surface area contributed by atoms with E-state index >= 15 is 0 Å². The maximum Gasteiger partial charge on any atom is 0.410 e. The van der Waals surface area contributed by atoms with E-state index < -0.39 is 30.0 Å². The monoisotopic (exact) mass is 553 g/mol. The number of amides is 2.